The van der Waals surface area contributed by atoms with Crippen molar-refractivity contribution in [1.29, 1.82) is 0 Å². The number of thiophene rings is 1. The first-order valence-corrected chi connectivity index (χ1v) is 8.30. The molecule has 2 aromatic heterocycles. The molecule has 0 amide bonds. The van der Waals surface area contributed by atoms with Crippen LogP contribution in [0.5, 0.6) is 0 Å². The third-order valence-corrected chi connectivity index (χ3v) is 5.58. The van der Waals surface area contributed by atoms with Crippen molar-refractivity contribution in [2.24, 2.45) is 0 Å². The fourth-order valence-electron chi connectivity index (χ4n) is 3.57. The van der Waals surface area contributed by atoms with E-state index in [4.69, 9.17) is 0 Å². The van der Waals surface area contributed by atoms with Crippen LogP contribution >= 0.6 is 11.3 Å². The second-order valence-corrected chi connectivity index (χ2v) is 6.65. The Morgan fingerprint density at radius 1 is 1.24 bits per heavy atom. The van der Waals surface area contributed by atoms with E-state index in [0.29, 0.717) is 12.0 Å². The number of fused-ring (bicyclic) bond motifs is 5. The van der Waals surface area contributed by atoms with Gasteiger partial charge in [-0.25, -0.2) is 0 Å². The fraction of sp³-hybridized carbons (Fsp3) is 0.211. The maximum atomic E-state index is 3.95. The van der Waals surface area contributed by atoms with Gasteiger partial charge in [-0.15, -0.1) is 17.9 Å². The number of nitrogens with zero attached hydrogens (tertiary/aromatic N) is 1. The highest BCUT2D eigenvalue weighted by Gasteiger charge is 2.38. The van der Waals surface area contributed by atoms with Gasteiger partial charge in [0, 0.05) is 6.07 Å². The van der Waals surface area contributed by atoms with E-state index in [9.17, 15) is 0 Å². The molecule has 0 N–H and O–H groups in total. The summed E-state index contributed by atoms with van der Waals surface area (Å²) in [5, 5.41) is 4.90. The summed E-state index contributed by atoms with van der Waals surface area (Å²) in [6, 6.07) is 13.7. The molecule has 4 rings (SSSR count). The van der Waals surface area contributed by atoms with Crippen LogP contribution in [0.4, 0.5) is 0 Å². The summed E-state index contributed by atoms with van der Waals surface area (Å²) in [6.07, 6.45) is 5.33. The number of pyridine rings is 1. The first kappa shape index (κ1) is 12.8. The molecule has 2 heteroatoms. The number of aromatic nitrogens is 1. The van der Waals surface area contributed by atoms with Gasteiger partial charge in [-0.05, 0) is 41.8 Å². The van der Waals surface area contributed by atoms with Gasteiger partial charge in [-0.1, -0.05) is 24.3 Å². The molecule has 104 valence electrons. The quantitative estimate of drug-likeness (QED) is 0.457. The van der Waals surface area contributed by atoms with Gasteiger partial charge in [0.1, 0.15) is 4.88 Å². The van der Waals surface area contributed by atoms with Crippen LogP contribution in [0.2, 0.25) is 0 Å². The molecule has 1 aliphatic heterocycles. The molecule has 3 aromatic rings. The van der Waals surface area contributed by atoms with Crippen molar-refractivity contribution in [1.82, 2.24) is 0 Å². The standard InChI is InChI=1S/C19H18NS/c1-3-6-15-13(2)20-11-9-14-7-4-5-8-16(14)18(20)19-17(15)10-12-21-19/h3-5,7-13,15H,1,6H2,2H3/q+1. The fourth-order valence-corrected chi connectivity index (χ4v) is 4.61. The Morgan fingerprint density at radius 2 is 2.10 bits per heavy atom. The molecule has 1 aromatic carbocycles. The van der Waals surface area contributed by atoms with Crippen LogP contribution in [-0.2, 0) is 0 Å². The Balaban J connectivity index is 2.06. The van der Waals surface area contributed by atoms with E-state index in [1.807, 2.05) is 11.3 Å². The summed E-state index contributed by atoms with van der Waals surface area (Å²) in [5.41, 5.74) is 2.87. The minimum Gasteiger partial charge on any atom is -0.194 e. The predicted octanol–water partition coefficient (Wildman–Crippen LogP) is 5.09. The van der Waals surface area contributed by atoms with Gasteiger partial charge in [0.2, 0.25) is 5.69 Å². The maximum Gasteiger partial charge on any atom is 0.231 e. The largest absolute Gasteiger partial charge is 0.231 e. The summed E-state index contributed by atoms with van der Waals surface area (Å²) < 4.78 is 2.45. The van der Waals surface area contributed by atoms with E-state index in [1.165, 1.54) is 26.9 Å². The summed E-state index contributed by atoms with van der Waals surface area (Å²) in [7, 11) is 0. The topological polar surface area (TPSA) is 3.88 Å². The Bertz CT molecular complexity index is 830. The number of hydrogen-bond acceptors (Lipinski definition) is 1. The molecule has 0 fully saturated rings. The van der Waals surface area contributed by atoms with Crippen LogP contribution in [-0.4, -0.2) is 0 Å². The molecular weight excluding hydrogens is 274 g/mol. The van der Waals surface area contributed by atoms with Crippen LogP contribution < -0.4 is 4.57 Å². The summed E-state index contributed by atoms with van der Waals surface area (Å²) >= 11 is 1.86. The van der Waals surface area contributed by atoms with E-state index in [2.05, 4.69) is 72.1 Å². The smallest absolute Gasteiger partial charge is 0.194 e. The van der Waals surface area contributed by atoms with Gasteiger partial charge < -0.3 is 0 Å². The monoisotopic (exact) mass is 292 g/mol. The molecule has 0 radical (unpaired) electrons. The number of allylic oxidation sites excluding steroid dienone is 1. The van der Waals surface area contributed by atoms with Crippen molar-refractivity contribution in [3.63, 3.8) is 0 Å². The average molecular weight is 292 g/mol. The summed E-state index contributed by atoms with van der Waals surface area (Å²) in [6.45, 7) is 6.27. The third-order valence-electron chi connectivity index (χ3n) is 4.64. The molecule has 2 unspecified atom stereocenters. The molecule has 0 bridgehead atoms. The predicted molar refractivity (Wildman–Crippen MR) is 89.7 cm³/mol. The maximum absolute atomic E-state index is 3.95. The van der Waals surface area contributed by atoms with Gasteiger partial charge in [0.15, 0.2) is 12.2 Å². The zero-order chi connectivity index (χ0) is 14.4. The van der Waals surface area contributed by atoms with Crippen molar-refractivity contribution in [3.05, 3.63) is 66.2 Å². The Morgan fingerprint density at radius 3 is 2.95 bits per heavy atom. The second-order valence-electron chi connectivity index (χ2n) is 5.74. The van der Waals surface area contributed by atoms with Crippen molar-refractivity contribution in [2.75, 3.05) is 0 Å². The zero-order valence-electron chi connectivity index (χ0n) is 12.1. The van der Waals surface area contributed by atoms with E-state index in [-0.39, 0.29) is 0 Å². The van der Waals surface area contributed by atoms with E-state index < -0.39 is 0 Å². The number of hydrogen-bond donors (Lipinski definition) is 0. The molecule has 1 nitrogen and oxygen atoms in total. The molecule has 2 atom stereocenters. The van der Waals surface area contributed by atoms with Crippen molar-refractivity contribution in [3.8, 4) is 10.6 Å². The first-order chi connectivity index (χ1) is 10.3. The van der Waals surface area contributed by atoms with Crippen molar-refractivity contribution >= 4 is 22.1 Å². The van der Waals surface area contributed by atoms with Crippen LogP contribution in [0.25, 0.3) is 21.3 Å². The van der Waals surface area contributed by atoms with Crippen molar-refractivity contribution in [2.45, 2.75) is 25.3 Å². The highest BCUT2D eigenvalue weighted by molar-refractivity contribution is 7.13. The van der Waals surface area contributed by atoms with Crippen LogP contribution in [0.15, 0.2) is 60.6 Å². The van der Waals surface area contributed by atoms with Gasteiger partial charge in [-0.3, -0.25) is 0 Å². The van der Waals surface area contributed by atoms with Crippen molar-refractivity contribution < 1.29 is 4.57 Å². The molecule has 3 heterocycles. The molecular formula is C19H18NS+. The van der Waals surface area contributed by atoms with E-state index in [0.717, 1.165) is 6.42 Å². The van der Waals surface area contributed by atoms with Gasteiger partial charge >= 0.3 is 0 Å². The minimum absolute atomic E-state index is 0.463. The average Bonchev–Trinajstić information content (AvgIpc) is 2.99. The van der Waals surface area contributed by atoms with Gasteiger partial charge in [-0.2, -0.15) is 4.57 Å². The molecule has 0 saturated carbocycles. The zero-order valence-corrected chi connectivity index (χ0v) is 12.9. The Hall–Kier alpha value is -1.93. The SMILES string of the molecule is C=CCC1c2ccsc2-c2c3ccccc3cc[n+]2C1C. The molecule has 1 aliphatic rings. The first-order valence-electron chi connectivity index (χ1n) is 7.43. The third kappa shape index (κ3) is 1.79. The Labute approximate surface area is 129 Å². The number of benzene rings is 1. The lowest BCUT2D eigenvalue weighted by molar-refractivity contribution is -0.713. The lowest BCUT2D eigenvalue weighted by Gasteiger charge is -2.26. The lowest BCUT2D eigenvalue weighted by atomic mass is 9.85. The van der Waals surface area contributed by atoms with Crippen LogP contribution in [0, 0.1) is 0 Å². The molecule has 0 saturated heterocycles. The highest BCUT2D eigenvalue weighted by atomic mass is 32.1. The van der Waals surface area contributed by atoms with Gasteiger partial charge in [0.25, 0.3) is 0 Å². The summed E-state index contributed by atoms with van der Waals surface area (Å²) in [5.74, 6) is 0.530. The second kappa shape index (κ2) is 4.81. The Kier molecular flexibility index (Phi) is 2.93. The lowest BCUT2D eigenvalue weighted by Crippen LogP contribution is -2.45. The van der Waals surface area contributed by atoms with Gasteiger partial charge in [0.05, 0.1) is 11.3 Å². The van der Waals surface area contributed by atoms with E-state index in [1.54, 1.807) is 0 Å². The van der Waals surface area contributed by atoms with Crippen LogP contribution in [0.3, 0.4) is 0 Å². The van der Waals surface area contributed by atoms with E-state index >= 15 is 0 Å². The number of rotatable bonds is 2. The molecule has 0 aliphatic carbocycles. The highest BCUT2D eigenvalue weighted by Crippen LogP contribution is 2.44. The molecule has 21 heavy (non-hydrogen) atoms. The minimum atomic E-state index is 0.463. The normalized spacial score (nSPS) is 20.0. The molecule has 0 spiro atoms. The van der Waals surface area contributed by atoms with Crippen LogP contribution in [0.1, 0.15) is 30.9 Å². The summed E-state index contributed by atoms with van der Waals surface area (Å²) in [4.78, 5) is 1.43.